The highest BCUT2D eigenvalue weighted by atomic mass is 16.6. The fourth-order valence-electron chi connectivity index (χ4n) is 2.47. The van der Waals surface area contributed by atoms with Crippen LogP contribution in [0.1, 0.15) is 19.8 Å². The Morgan fingerprint density at radius 2 is 2.00 bits per heavy atom. The third-order valence-electron chi connectivity index (χ3n) is 3.59. The summed E-state index contributed by atoms with van der Waals surface area (Å²) in [6, 6.07) is 7.54. The minimum absolute atomic E-state index is 0.216. The van der Waals surface area contributed by atoms with Gasteiger partial charge in [-0.2, -0.15) is 0 Å². The first kappa shape index (κ1) is 15.5. The van der Waals surface area contributed by atoms with E-state index in [1.54, 1.807) is 12.0 Å². The second kappa shape index (κ2) is 7.76. The number of likely N-dealkylation sites (tertiary alicyclic amines) is 1. The molecule has 1 aromatic rings. The molecule has 5 nitrogen and oxygen atoms in total. The molecule has 0 N–H and O–H groups in total. The molecule has 0 saturated carbocycles. The molecule has 1 aliphatic heterocycles. The highest BCUT2D eigenvalue weighted by molar-refractivity contribution is 5.67. The predicted molar refractivity (Wildman–Crippen MR) is 79.8 cm³/mol. The number of carbonyl (C=O) groups is 1. The molecule has 0 spiro atoms. The largest absolute Gasteiger partial charge is 0.497 e. The molecule has 0 aromatic heterocycles. The van der Waals surface area contributed by atoms with Gasteiger partial charge in [0.25, 0.3) is 0 Å². The van der Waals surface area contributed by atoms with Crippen molar-refractivity contribution in [1.29, 1.82) is 0 Å². The van der Waals surface area contributed by atoms with Crippen LogP contribution in [0, 0.1) is 5.92 Å². The summed E-state index contributed by atoms with van der Waals surface area (Å²) in [7, 11) is 1.64. The van der Waals surface area contributed by atoms with Gasteiger partial charge < -0.3 is 19.1 Å². The van der Waals surface area contributed by atoms with Gasteiger partial charge in [0, 0.05) is 19.0 Å². The van der Waals surface area contributed by atoms with Gasteiger partial charge in [-0.3, -0.25) is 0 Å². The lowest BCUT2D eigenvalue weighted by Crippen LogP contribution is -2.41. The smallest absolute Gasteiger partial charge is 0.409 e. The molecule has 0 radical (unpaired) electrons. The third-order valence-corrected chi connectivity index (χ3v) is 3.59. The van der Waals surface area contributed by atoms with E-state index in [4.69, 9.17) is 14.2 Å². The maximum absolute atomic E-state index is 11.7. The van der Waals surface area contributed by atoms with Crippen molar-refractivity contribution in [1.82, 2.24) is 4.90 Å². The number of carbonyl (C=O) groups excluding carboxylic acids is 1. The van der Waals surface area contributed by atoms with Crippen molar-refractivity contribution in [2.45, 2.75) is 19.8 Å². The Morgan fingerprint density at radius 1 is 1.29 bits per heavy atom. The first-order valence-corrected chi connectivity index (χ1v) is 7.41. The molecule has 1 aromatic carbocycles. The maximum atomic E-state index is 11.7. The zero-order valence-corrected chi connectivity index (χ0v) is 12.7. The standard InChI is InChI=1S/C16H23NO4/c1-3-20-16(18)17-10-4-5-13(11-17)12-21-15-8-6-14(19-2)7-9-15/h6-9,13H,3-5,10-12H2,1-2H3. The maximum Gasteiger partial charge on any atom is 0.409 e. The SMILES string of the molecule is CCOC(=O)N1CCCC(COc2ccc(OC)cc2)C1. The molecule has 1 atom stereocenters. The molecule has 1 fully saturated rings. The van der Waals surface area contributed by atoms with Gasteiger partial charge in [0.2, 0.25) is 0 Å². The molecular weight excluding hydrogens is 270 g/mol. The van der Waals surface area contributed by atoms with Gasteiger partial charge in [-0.25, -0.2) is 4.79 Å². The van der Waals surface area contributed by atoms with Gasteiger partial charge in [-0.15, -0.1) is 0 Å². The van der Waals surface area contributed by atoms with Crippen molar-refractivity contribution < 1.29 is 19.0 Å². The van der Waals surface area contributed by atoms with Crippen molar-refractivity contribution in [2.24, 2.45) is 5.92 Å². The first-order valence-electron chi connectivity index (χ1n) is 7.41. The number of hydrogen-bond acceptors (Lipinski definition) is 4. The number of benzene rings is 1. The lowest BCUT2D eigenvalue weighted by Gasteiger charge is -2.31. The molecule has 21 heavy (non-hydrogen) atoms. The van der Waals surface area contributed by atoms with E-state index in [2.05, 4.69) is 0 Å². The Labute approximate surface area is 125 Å². The number of methoxy groups -OCH3 is 1. The van der Waals surface area contributed by atoms with Crippen LogP contribution in [-0.4, -0.2) is 44.4 Å². The lowest BCUT2D eigenvalue weighted by molar-refractivity contribution is 0.0790. The number of piperidine rings is 1. The summed E-state index contributed by atoms with van der Waals surface area (Å²) < 4.78 is 16.0. The van der Waals surface area contributed by atoms with Crippen molar-refractivity contribution in [3.63, 3.8) is 0 Å². The van der Waals surface area contributed by atoms with Crippen LogP contribution >= 0.6 is 0 Å². The van der Waals surface area contributed by atoms with Gasteiger partial charge in [0.05, 0.1) is 20.3 Å². The molecule has 1 amide bonds. The highest BCUT2D eigenvalue weighted by Crippen LogP contribution is 2.21. The van der Waals surface area contributed by atoms with Crippen molar-refractivity contribution in [3.8, 4) is 11.5 Å². The van der Waals surface area contributed by atoms with E-state index < -0.39 is 0 Å². The fourth-order valence-corrected chi connectivity index (χ4v) is 2.47. The fraction of sp³-hybridized carbons (Fsp3) is 0.562. The second-order valence-corrected chi connectivity index (χ2v) is 5.14. The molecule has 1 heterocycles. The second-order valence-electron chi connectivity index (χ2n) is 5.14. The summed E-state index contributed by atoms with van der Waals surface area (Å²) in [4.78, 5) is 13.5. The van der Waals surface area contributed by atoms with E-state index in [0.717, 1.165) is 30.9 Å². The van der Waals surface area contributed by atoms with Gasteiger partial charge in [0.15, 0.2) is 0 Å². The summed E-state index contributed by atoms with van der Waals surface area (Å²) in [6.45, 7) is 4.34. The molecule has 1 aliphatic rings. The van der Waals surface area contributed by atoms with Crippen molar-refractivity contribution in [3.05, 3.63) is 24.3 Å². The number of nitrogens with zero attached hydrogens (tertiary/aromatic N) is 1. The minimum Gasteiger partial charge on any atom is -0.497 e. The minimum atomic E-state index is -0.216. The molecule has 1 saturated heterocycles. The first-order chi connectivity index (χ1) is 10.2. The number of rotatable bonds is 5. The Morgan fingerprint density at radius 3 is 2.67 bits per heavy atom. The topological polar surface area (TPSA) is 48.0 Å². The Kier molecular flexibility index (Phi) is 5.72. The van der Waals surface area contributed by atoms with Crippen LogP contribution in [0.25, 0.3) is 0 Å². The Bertz CT molecular complexity index is 446. The normalized spacial score (nSPS) is 18.2. The van der Waals surface area contributed by atoms with Crippen LogP contribution in [0.3, 0.4) is 0 Å². The van der Waals surface area contributed by atoms with Crippen LogP contribution < -0.4 is 9.47 Å². The average Bonchev–Trinajstić information content (AvgIpc) is 2.54. The van der Waals surface area contributed by atoms with Crippen LogP contribution in [0.2, 0.25) is 0 Å². The van der Waals surface area contributed by atoms with E-state index in [1.807, 2.05) is 31.2 Å². The zero-order valence-electron chi connectivity index (χ0n) is 12.7. The van der Waals surface area contributed by atoms with Gasteiger partial charge in [-0.05, 0) is 44.0 Å². The predicted octanol–water partition coefficient (Wildman–Crippen LogP) is 2.94. The van der Waals surface area contributed by atoms with E-state index in [0.29, 0.717) is 25.7 Å². The lowest BCUT2D eigenvalue weighted by atomic mass is 9.99. The molecule has 1 unspecified atom stereocenters. The number of amides is 1. The van der Waals surface area contributed by atoms with Crippen LogP contribution in [0.4, 0.5) is 4.79 Å². The summed E-state index contributed by atoms with van der Waals surface area (Å²) in [6.07, 6.45) is 1.85. The molecule has 2 rings (SSSR count). The van der Waals surface area contributed by atoms with Crippen molar-refractivity contribution in [2.75, 3.05) is 33.4 Å². The average molecular weight is 293 g/mol. The molecule has 5 heteroatoms. The van der Waals surface area contributed by atoms with Crippen molar-refractivity contribution >= 4 is 6.09 Å². The van der Waals surface area contributed by atoms with Crippen LogP contribution in [-0.2, 0) is 4.74 Å². The van der Waals surface area contributed by atoms with E-state index in [1.165, 1.54) is 0 Å². The van der Waals surface area contributed by atoms with Gasteiger partial charge >= 0.3 is 6.09 Å². The third kappa shape index (κ3) is 4.55. The van der Waals surface area contributed by atoms with Crippen LogP contribution in [0.5, 0.6) is 11.5 Å². The van der Waals surface area contributed by atoms with Gasteiger partial charge in [-0.1, -0.05) is 0 Å². The summed E-state index contributed by atoms with van der Waals surface area (Å²) >= 11 is 0. The quantitative estimate of drug-likeness (QED) is 0.837. The van der Waals surface area contributed by atoms with E-state index in [-0.39, 0.29) is 6.09 Å². The Hall–Kier alpha value is -1.91. The monoisotopic (exact) mass is 293 g/mol. The number of ether oxygens (including phenoxy) is 3. The summed E-state index contributed by atoms with van der Waals surface area (Å²) in [5, 5.41) is 0. The van der Waals surface area contributed by atoms with Gasteiger partial charge in [0.1, 0.15) is 11.5 Å². The molecular formula is C16H23NO4. The number of hydrogen-bond donors (Lipinski definition) is 0. The summed E-state index contributed by atoms with van der Waals surface area (Å²) in [5.41, 5.74) is 0. The molecule has 0 bridgehead atoms. The Balaban J connectivity index is 1.80. The zero-order chi connectivity index (χ0) is 15.1. The van der Waals surface area contributed by atoms with E-state index in [9.17, 15) is 4.79 Å². The summed E-state index contributed by atoms with van der Waals surface area (Å²) in [5.74, 6) is 1.99. The highest BCUT2D eigenvalue weighted by Gasteiger charge is 2.24. The van der Waals surface area contributed by atoms with Crippen LogP contribution in [0.15, 0.2) is 24.3 Å². The molecule has 0 aliphatic carbocycles. The van der Waals surface area contributed by atoms with E-state index >= 15 is 0 Å². The molecule has 116 valence electrons.